The van der Waals surface area contributed by atoms with Crippen molar-refractivity contribution in [1.29, 1.82) is 0 Å². The minimum atomic E-state index is -2.18. The van der Waals surface area contributed by atoms with Gasteiger partial charge < -0.3 is 4.89 Å². The van der Waals surface area contributed by atoms with Crippen LogP contribution in [0.5, 0.6) is 0 Å². The summed E-state index contributed by atoms with van der Waals surface area (Å²) in [6.45, 7) is 4.34. The van der Waals surface area contributed by atoms with Gasteiger partial charge in [-0.3, -0.25) is 4.57 Å². The normalized spacial score (nSPS) is 14.0. The van der Waals surface area contributed by atoms with Gasteiger partial charge in [-0.15, -0.1) is 0 Å². The first-order valence-corrected chi connectivity index (χ1v) is 5.41. The van der Waals surface area contributed by atoms with Crippen molar-refractivity contribution >= 4 is 8.03 Å². The topological polar surface area (TPSA) is 37.3 Å². The molecular weight excluding hydrogens is 147 g/mol. The van der Waals surface area contributed by atoms with Gasteiger partial charge in [0.1, 0.15) is 0 Å². The van der Waals surface area contributed by atoms with Crippen LogP contribution in [0.15, 0.2) is 0 Å². The molecule has 0 aliphatic heterocycles. The summed E-state index contributed by atoms with van der Waals surface area (Å²) in [5, 5.41) is 0. The number of hydrogen-bond acceptors (Lipinski definition) is 1. The molecule has 1 atom stereocenters. The molecule has 0 radical (unpaired) electrons. The molecule has 0 aliphatic carbocycles. The Morgan fingerprint density at radius 3 is 2.40 bits per heavy atom. The van der Waals surface area contributed by atoms with Crippen LogP contribution in [0, 0.1) is 5.92 Å². The highest BCUT2D eigenvalue weighted by atomic mass is 31.1. The zero-order valence-corrected chi connectivity index (χ0v) is 7.76. The van der Waals surface area contributed by atoms with E-state index in [-0.39, 0.29) is 0 Å². The van der Waals surface area contributed by atoms with Gasteiger partial charge in [0.25, 0.3) is 0 Å². The zero-order chi connectivity index (χ0) is 7.98. The van der Waals surface area contributed by atoms with Gasteiger partial charge in [0.05, 0.1) is 0 Å². The lowest BCUT2D eigenvalue weighted by Gasteiger charge is -2.01. The van der Waals surface area contributed by atoms with Crippen LogP contribution in [0.4, 0.5) is 0 Å². The second-order valence-corrected chi connectivity index (χ2v) is 4.32. The summed E-state index contributed by atoms with van der Waals surface area (Å²) in [5.74, 6) is 0.723. The van der Waals surface area contributed by atoms with E-state index in [9.17, 15) is 4.57 Å². The molecule has 0 aromatic heterocycles. The fourth-order valence-corrected chi connectivity index (χ4v) is 1.38. The van der Waals surface area contributed by atoms with Crippen LogP contribution < -0.4 is 0 Å². The Bertz CT molecular complexity index is 102. The molecule has 0 spiro atoms. The van der Waals surface area contributed by atoms with Gasteiger partial charge in [-0.1, -0.05) is 26.7 Å². The molecule has 0 aromatic rings. The van der Waals surface area contributed by atoms with Crippen molar-refractivity contribution in [2.24, 2.45) is 5.92 Å². The molecule has 1 unspecified atom stereocenters. The molecule has 1 N–H and O–H groups in total. The fraction of sp³-hybridized carbons (Fsp3) is 1.00. The van der Waals surface area contributed by atoms with Crippen molar-refractivity contribution in [2.75, 3.05) is 6.16 Å². The Morgan fingerprint density at radius 2 is 2.00 bits per heavy atom. The second kappa shape index (κ2) is 5.94. The number of hydrogen-bond donors (Lipinski definition) is 1. The molecule has 10 heavy (non-hydrogen) atoms. The van der Waals surface area contributed by atoms with E-state index in [1.165, 1.54) is 6.42 Å². The summed E-state index contributed by atoms with van der Waals surface area (Å²) >= 11 is 0. The SMILES string of the molecule is CC(C)CCCC[PH](=O)O. The highest BCUT2D eigenvalue weighted by Gasteiger charge is 1.95. The summed E-state index contributed by atoms with van der Waals surface area (Å²) in [6, 6.07) is 0. The van der Waals surface area contributed by atoms with Gasteiger partial charge in [0.2, 0.25) is 0 Å². The summed E-state index contributed by atoms with van der Waals surface area (Å²) in [7, 11) is -2.18. The molecule has 2 nitrogen and oxygen atoms in total. The van der Waals surface area contributed by atoms with Crippen LogP contribution in [0.1, 0.15) is 33.1 Å². The predicted octanol–water partition coefficient (Wildman–Crippen LogP) is 2.28. The van der Waals surface area contributed by atoms with E-state index in [1.54, 1.807) is 0 Å². The maximum atomic E-state index is 10.2. The minimum Gasteiger partial charge on any atom is -0.346 e. The maximum Gasteiger partial charge on any atom is 0.189 e. The Balaban J connectivity index is 2.98. The molecule has 0 heterocycles. The predicted molar refractivity (Wildman–Crippen MR) is 44.8 cm³/mol. The quantitative estimate of drug-likeness (QED) is 0.500. The summed E-state index contributed by atoms with van der Waals surface area (Å²) in [5.41, 5.74) is 0. The van der Waals surface area contributed by atoms with Crippen molar-refractivity contribution in [3.63, 3.8) is 0 Å². The zero-order valence-electron chi connectivity index (χ0n) is 6.76. The van der Waals surface area contributed by atoms with Crippen LogP contribution in [-0.2, 0) is 4.57 Å². The Labute approximate surface area is 63.5 Å². The van der Waals surface area contributed by atoms with Crippen molar-refractivity contribution in [3.8, 4) is 0 Å². The number of unbranched alkanes of at least 4 members (excludes halogenated alkanes) is 1. The molecule has 0 aromatic carbocycles. The first-order chi connectivity index (χ1) is 4.63. The largest absolute Gasteiger partial charge is 0.346 e. The third-order valence-electron chi connectivity index (χ3n) is 1.42. The molecule has 3 heteroatoms. The van der Waals surface area contributed by atoms with Crippen LogP contribution in [0.3, 0.4) is 0 Å². The molecule has 0 aliphatic rings. The van der Waals surface area contributed by atoms with Gasteiger partial charge in [-0.25, -0.2) is 0 Å². The standard InChI is InChI=1S/C7H17O2P/c1-7(2)5-3-4-6-10(8)9/h7,10H,3-6H2,1-2H3,(H,8,9). The molecule has 0 saturated carbocycles. The summed E-state index contributed by atoms with van der Waals surface area (Å²) in [6.07, 6.45) is 3.69. The summed E-state index contributed by atoms with van der Waals surface area (Å²) in [4.78, 5) is 8.46. The van der Waals surface area contributed by atoms with E-state index in [0.29, 0.717) is 6.16 Å². The average molecular weight is 164 g/mol. The van der Waals surface area contributed by atoms with Crippen LogP contribution >= 0.6 is 8.03 Å². The lowest BCUT2D eigenvalue weighted by molar-refractivity contribution is 0.494. The van der Waals surface area contributed by atoms with E-state index >= 15 is 0 Å². The van der Waals surface area contributed by atoms with Crippen molar-refractivity contribution in [1.82, 2.24) is 0 Å². The van der Waals surface area contributed by atoms with Gasteiger partial charge >= 0.3 is 0 Å². The van der Waals surface area contributed by atoms with E-state index in [4.69, 9.17) is 4.89 Å². The van der Waals surface area contributed by atoms with E-state index in [1.807, 2.05) is 0 Å². The Kier molecular flexibility index (Phi) is 6.05. The van der Waals surface area contributed by atoms with Crippen molar-refractivity contribution in [3.05, 3.63) is 0 Å². The molecule has 0 saturated heterocycles. The van der Waals surface area contributed by atoms with Crippen molar-refractivity contribution in [2.45, 2.75) is 33.1 Å². The molecule has 0 fully saturated rings. The summed E-state index contributed by atoms with van der Waals surface area (Å²) < 4.78 is 10.2. The van der Waals surface area contributed by atoms with Crippen LogP contribution in [0.25, 0.3) is 0 Å². The molecule has 62 valence electrons. The third kappa shape index (κ3) is 8.19. The monoisotopic (exact) mass is 164 g/mol. The third-order valence-corrected chi connectivity index (χ3v) is 2.20. The lowest BCUT2D eigenvalue weighted by Crippen LogP contribution is -1.87. The average Bonchev–Trinajstić information content (AvgIpc) is 1.79. The van der Waals surface area contributed by atoms with E-state index < -0.39 is 8.03 Å². The van der Waals surface area contributed by atoms with Gasteiger partial charge in [-0.2, -0.15) is 0 Å². The maximum absolute atomic E-state index is 10.2. The van der Waals surface area contributed by atoms with E-state index in [2.05, 4.69) is 13.8 Å². The molecule has 0 amide bonds. The Morgan fingerprint density at radius 1 is 1.40 bits per heavy atom. The van der Waals surface area contributed by atoms with Gasteiger partial charge in [-0.05, 0) is 12.3 Å². The molecular formula is C7H17O2P. The lowest BCUT2D eigenvalue weighted by atomic mass is 10.1. The minimum absolute atomic E-state index is 0.511. The second-order valence-electron chi connectivity index (χ2n) is 3.03. The smallest absolute Gasteiger partial charge is 0.189 e. The number of rotatable bonds is 5. The molecule has 0 bridgehead atoms. The molecule has 0 rings (SSSR count). The first-order valence-electron chi connectivity index (χ1n) is 3.84. The van der Waals surface area contributed by atoms with Crippen molar-refractivity contribution < 1.29 is 9.46 Å². The van der Waals surface area contributed by atoms with Crippen LogP contribution in [0.2, 0.25) is 0 Å². The highest BCUT2D eigenvalue weighted by molar-refractivity contribution is 7.37. The fourth-order valence-electron chi connectivity index (χ4n) is 0.829. The van der Waals surface area contributed by atoms with Crippen LogP contribution in [-0.4, -0.2) is 11.1 Å². The van der Waals surface area contributed by atoms with Gasteiger partial charge in [0, 0.05) is 6.16 Å². The van der Waals surface area contributed by atoms with E-state index in [0.717, 1.165) is 18.8 Å². The first kappa shape index (κ1) is 10.2. The van der Waals surface area contributed by atoms with Gasteiger partial charge in [0.15, 0.2) is 8.03 Å². The highest BCUT2D eigenvalue weighted by Crippen LogP contribution is 2.16. The Hall–Kier alpha value is 0.190.